The van der Waals surface area contributed by atoms with Crippen LogP contribution in [0, 0.1) is 6.92 Å². The minimum absolute atomic E-state index is 0.0797. The van der Waals surface area contributed by atoms with Crippen molar-refractivity contribution in [2.75, 3.05) is 5.32 Å². The third-order valence-electron chi connectivity index (χ3n) is 5.38. The fraction of sp³-hybridized carbons (Fsp3) is 0.125. The van der Waals surface area contributed by atoms with Crippen LogP contribution in [0.15, 0.2) is 76.7 Å². The molecular formula is C24H19N5O3. The van der Waals surface area contributed by atoms with Crippen molar-refractivity contribution < 1.29 is 14.3 Å². The first-order chi connectivity index (χ1) is 15.4. The first-order valence-electron chi connectivity index (χ1n) is 10.0. The number of para-hydroxylation sites is 2. The van der Waals surface area contributed by atoms with Gasteiger partial charge in [-0.05, 0) is 26.0 Å². The summed E-state index contributed by atoms with van der Waals surface area (Å²) in [5.41, 5.74) is 2.86. The molecule has 0 saturated heterocycles. The van der Waals surface area contributed by atoms with Gasteiger partial charge < -0.3 is 10.1 Å². The highest BCUT2D eigenvalue weighted by Crippen LogP contribution is 2.44. The second-order valence-corrected chi connectivity index (χ2v) is 7.58. The molecule has 1 aromatic heterocycles. The predicted molar refractivity (Wildman–Crippen MR) is 120 cm³/mol. The fourth-order valence-electron chi connectivity index (χ4n) is 3.78. The van der Waals surface area contributed by atoms with Gasteiger partial charge in [-0.1, -0.05) is 43.0 Å². The summed E-state index contributed by atoms with van der Waals surface area (Å²) in [6.45, 7) is 7.15. The van der Waals surface area contributed by atoms with Crippen LogP contribution >= 0.6 is 0 Å². The molecule has 2 amide bonds. The highest BCUT2D eigenvalue weighted by atomic mass is 16.5. The third-order valence-corrected chi connectivity index (χ3v) is 5.38. The second-order valence-electron chi connectivity index (χ2n) is 7.58. The summed E-state index contributed by atoms with van der Waals surface area (Å²) in [6, 6.07) is 16.6. The first kappa shape index (κ1) is 19.6. The molecular weight excluding hydrogens is 406 g/mol. The van der Waals surface area contributed by atoms with Gasteiger partial charge in [0, 0.05) is 17.2 Å². The van der Waals surface area contributed by atoms with Crippen LogP contribution in [-0.2, 0) is 9.59 Å². The van der Waals surface area contributed by atoms with Crippen LogP contribution in [0.2, 0.25) is 0 Å². The van der Waals surface area contributed by atoms with Gasteiger partial charge in [0.1, 0.15) is 17.3 Å². The van der Waals surface area contributed by atoms with Crippen molar-refractivity contribution in [3.63, 3.8) is 0 Å². The van der Waals surface area contributed by atoms with Crippen molar-refractivity contribution in [3.8, 4) is 11.5 Å². The zero-order valence-electron chi connectivity index (χ0n) is 17.5. The normalized spacial score (nSPS) is 15.3. The van der Waals surface area contributed by atoms with Crippen molar-refractivity contribution in [3.05, 3.63) is 83.6 Å². The lowest BCUT2D eigenvalue weighted by atomic mass is 9.87. The van der Waals surface area contributed by atoms with E-state index in [0.717, 1.165) is 11.1 Å². The zero-order chi connectivity index (χ0) is 22.4. The Bertz CT molecular complexity index is 1320. The van der Waals surface area contributed by atoms with Gasteiger partial charge >= 0.3 is 0 Å². The zero-order valence-corrected chi connectivity index (χ0v) is 17.5. The van der Waals surface area contributed by atoms with Gasteiger partial charge in [0.2, 0.25) is 5.91 Å². The van der Waals surface area contributed by atoms with E-state index in [1.54, 1.807) is 19.9 Å². The monoisotopic (exact) mass is 425 g/mol. The third kappa shape index (κ3) is 3.22. The Hall–Kier alpha value is -4.33. The summed E-state index contributed by atoms with van der Waals surface area (Å²) in [6.07, 6.45) is 0. The quantitative estimate of drug-likeness (QED) is 0.631. The summed E-state index contributed by atoms with van der Waals surface area (Å²) in [5.74, 6) is 0.391. The van der Waals surface area contributed by atoms with Crippen molar-refractivity contribution in [2.45, 2.75) is 19.8 Å². The van der Waals surface area contributed by atoms with Crippen molar-refractivity contribution in [1.29, 1.82) is 0 Å². The number of aryl methyl sites for hydroxylation is 1. The number of benzene rings is 2. The topological polar surface area (TPSA) is 97.9 Å². The number of aromatic nitrogens is 2. The number of rotatable bonds is 2. The van der Waals surface area contributed by atoms with Crippen LogP contribution < -0.4 is 10.1 Å². The number of hydrogen-bond donors (Lipinski definition) is 1. The van der Waals surface area contributed by atoms with Gasteiger partial charge in [-0.15, -0.1) is 0 Å². The Morgan fingerprint density at radius 1 is 1.03 bits per heavy atom. The van der Waals surface area contributed by atoms with Crippen LogP contribution in [-0.4, -0.2) is 33.3 Å². The van der Waals surface area contributed by atoms with Gasteiger partial charge in [-0.25, -0.2) is 4.99 Å². The molecule has 2 aliphatic heterocycles. The molecule has 0 unspecified atom stereocenters. The number of carbonyl (C=O) groups is 2. The summed E-state index contributed by atoms with van der Waals surface area (Å²) in [7, 11) is 0. The molecule has 32 heavy (non-hydrogen) atoms. The lowest BCUT2D eigenvalue weighted by Crippen LogP contribution is -2.28. The van der Waals surface area contributed by atoms with E-state index in [1.165, 1.54) is 4.68 Å². The number of nitrogens with zero attached hydrogens (tertiary/aromatic N) is 4. The minimum atomic E-state index is -0.584. The average Bonchev–Trinajstić information content (AvgIpc) is 3.15. The van der Waals surface area contributed by atoms with E-state index >= 15 is 0 Å². The summed E-state index contributed by atoms with van der Waals surface area (Å²) in [5, 5.41) is 7.32. The molecule has 5 rings (SSSR count). The summed E-state index contributed by atoms with van der Waals surface area (Å²) < 4.78 is 7.34. The highest BCUT2D eigenvalue weighted by Gasteiger charge is 2.33. The number of nitrogens with one attached hydrogen (secondary N) is 1. The summed E-state index contributed by atoms with van der Waals surface area (Å²) in [4.78, 5) is 34.0. The number of amides is 2. The molecule has 8 nitrogen and oxygen atoms in total. The van der Waals surface area contributed by atoms with Crippen LogP contribution in [0.25, 0.3) is 0 Å². The molecule has 3 heterocycles. The predicted octanol–water partition coefficient (Wildman–Crippen LogP) is 3.83. The largest absolute Gasteiger partial charge is 0.457 e. The molecule has 0 radical (unpaired) electrons. The molecule has 0 bridgehead atoms. The molecule has 0 saturated carbocycles. The second kappa shape index (κ2) is 7.42. The number of carbonyl (C=O) groups excluding carboxylic acids is 2. The van der Waals surface area contributed by atoms with Crippen molar-refractivity contribution >= 4 is 29.3 Å². The Kier molecular flexibility index (Phi) is 4.55. The Morgan fingerprint density at radius 2 is 1.66 bits per heavy atom. The minimum Gasteiger partial charge on any atom is -0.457 e. The highest BCUT2D eigenvalue weighted by molar-refractivity contribution is 6.27. The van der Waals surface area contributed by atoms with E-state index in [2.05, 4.69) is 27.0 Å². The molecule has 0 aliphatic carbocycles. The maximum Gasteiger partial charge on any atom is 0.281 e. The Balaban J connectivity index is 1.54. The molecule has 8 heteroatoms. The SMILES string of the molecule is C=C1C(=O)N=C(n2nc(C)cc2NC(=O)C2c3ccccc3Oc3ccccc32)N=C1C. The van der Waals surface area contributed by atoms with E-state index in [0.29, 0.717) is 28.7 Å². The molecule has 0 fully saturated rings. The van der Waals surface area contributed by atoms with E-state index in [9.17, 15) is 9.59 Å². The van der Waals surface area contributed by atoms with E-state index in [1.807, 2.05) is 48.5 Å². The maximum absolute atomic E-state index is 13.6. The molecule has 2 aromatic carbocycles. The maximum atomic E-state index is 13.6. The van der Waals surface area contributed by atoms with Crippen LogP contribution in [0.3, 0.4) is 0 Å². The van der Waals surface area contributed by atoms with Crippen molar-refractivity contribution in [1.82, 2.24) is 9.78 Å². The molecule has 2 aliphatic rings. The van der Waals surface area contributed by atoms with Crippen LogP contribution in [0.5, 0.6) is 11.5 Å². The molecule has 158 valence electrons. The van der Waals surface area contributed by atoms with Gasteiger partial charge in [-0.2, -0.15) is 14.8 Å². The summed E-state index contributed by atoms with van der Waals surface area (Å²) >= 11 is 0. The Labute approximate surface area is 184 Å². The lowest BCUT2D eigenvalue weighted by molar-refractivity contribution is -0.117. The van der Waals surface area contributed by atoms with E-state index in [4.69, 9.17) is 4.74 Å². The number of anilines is 1. The first-order valence-corrected chi connectivity index (χ1v) is 10.0. The van der Waals surface area contributed by atoms with Gasteiger partial charge in [0.25, 0.3) is 11.9 Å². The Morgan fingerprint density at radius 3 is 2.28 bits per heavy atom. The fourth-order valence-corrected chi connectivity index (χ4v) is 3.78. The number of fused-ring (bicyclic) bond motifs is 2. The molecule has 0 spiro atoms. The average molecular weight is 425 g/mol. The van der Waals surface area contributed by atoms with Crippen LogP contribution in [0.4, 0.5) is 5.82 Å². The van der Waals surface area contributed by atoms with E-state index in [-0.39, 0.29) is 17.4 Å². The number of hydrogen-bond acceptors (Lipinski definition) is 5. The standard InChI is InChI=1S/C24H19N5O3/c1-13-12-20(29(28-13)24-25-15(3)14(2)22(30)27-24)26-23(31)21-16-8-4-6-10-18(16)32-19-11-7-5-9-17(19)21/h4-12,21H,2H2,1,3H3,(H,26,31). The van der Waals surface area contributed by atoms with Crippen molar-refractivity contribution in [2.24, 2.45) is 9.98 Å². The smallest absolute Gasteiger partial charge is 0.281 e. The van der Waals surface area contributed by atoms with Gasteiger partial charge in [0.15, 0.2) is 0 Å². The molecule has 1 N–H and O–H groups in total. The van der Waals surface area contributed by atoms with Crippen LogP contribution in [0.1, 0.15) is 29.7 Å². The molecule has 3 aromatic rings. The lowest BCUT2D eigenvalue weighted by Gasteiger charge is -2.27. The number of ether oxygens (including phenoxy) is 1. The number of aliphatic imine (C=N–C) groups is 2. The van der Waals surface area contributed by atoms with Gasteiger partial charge in [0.05, 0.1) is 22.9 Å². The van der Waals surface area contributed by atoms with E-state index < -0.39 is 11.8 Å². The van der Waals surface area contributed by atoms with Gasteiger partial charge in [-0.3, -0.25) is 9.59 Å². The molecule has 0 atom stereocenters.